The molecule has 226 valence electrons. The average Bonchev–Trinajstić information content (AvgIpc) is 3.61. The number of nitrogens with one attached hydrogen (secondary N) is 1. The Bertz CT molecular complexity index is 1720. The Balaban J connectivity index is 1.21. The molecule has 3 aromatic carbocycles. The van der Waals surface area contributed by atoms with Crippen molar-refractivity contribution in [3.05, 3.63) is 89.7 Å². The first-order chi connectivity index (χ1) is 21.1. The molecule has 2 heterocycles. The molecule has 1 aromatic heterocycles. The van der Waals surface area contributed by atoms with Crippen LogP contribution in [0.15, 0.2) is 83.2 Å². The molecule has 1 saturated heterocycles. The van der Waals surface area contributed by atoms with E-state index in [0.29, 0.717) is 27.8 Å². The zero-order chi connectivity index (χ0) is 31.3. The van der Waals surface area contributed by atoms with Crippen molar-refractivity contribution in [3.8, 4) is 22.8 Å². The highest BCUT2D eigenvalue weighted by Crippen LogP contribution is 2.31. The van der Waals surface area contributed by atoms with E-state index in [1.54, 1.807) is 24.3 Å². The summed E-state index contributed by atoms with van der Waals surface area (Å²) in [6.07, 6.45) is -0.166. The molecule has 14 heteroatoms. The summed E-state index contributed by atoms with van der Waals surface area (Å²) in [7, 11) is 0. The largest absolute Gasteiger partial charge is 0.573 e. The Kier molecular flexibility index (Phi) is 9.09. The van der Waals surface area contributed by atoms with Crippen LogP contribution >= 0.6 is 11.8 Å². The van der Waals surface area contributed by atoms with Gasteiger partial charge < -0.3 is 4.74 Å². The summed E-state index contributed by atoms with van der Waals surface area (Å²) >= 11 is 1.20. The predicted molar refractivity (Wildman–Crippen MR) is 162 cm³/mol. The zero-order valence-electron chi connectivity index (χ0n) is 23.6. The van der Waals surface area contributed by atoms with Gasteiger partial charge in [-0.2, -0.15) is 10.1 Å². The van der Waals surface area contributed by atoms with Crippen molar-refractivity contribution in [3.63, 3.8) is 0 Å². The van der Waals surface area contributed by atoms with Crippen LogP contribution < -0.4 is 15.1 Å². The maximum Gasteiger partial charge on any atom is 0.573 e. The smallest absolute Gasteiger partial charge is 0.406 e. The summed E-state index contributed by atoms with van der Waals surface area (Å²) in [4.78, 5) is 35.1. The molecule has 4 aromatic rings. The Morgan fingerprint density at radius 2 is 1.86 bits per heavy atom. The van der Waals surface area contributed by atoms with Gasteiger partial charge in [-0.25, -0.2) is 19.9 Å². The van der Waals surface area contributed by atoms with Gasteiger partial charge in [-0.15, -0.1) is 18.3 Å². The Morgan fingerprint density at radius 1 is 1.11 bits per heavy atom. The van der Waals surface area contributed by atoms with Crippen LogP contribution in [0.1, 0.15) is 30.0 Å². The molecule has 1 aliphatic rings. The van der Waals surface area contributed by atoms with E-state index in [2.05, 4.69) is 37.3 Å². The summed E-state index contributed by atoms with van der Waals surface area (Å²) in [5, 5.41) is 8.65. The second kappa shape index (κ2) is 13.1. The molecule has 10 nitrogen and oxygen atoms in total. The normalized spacial score (nSPS) is 14.5. The Hall–Kier alpha value is -4.98. The molecule has 0 unspecified atom stereocenters. The molecule has 3 amide bonds. The minimum absolute atomic E-state index is 0.138. The summed E-state index contributed by atoms with van der Waals surface area (Å²) in [5.41, 5.74) is 7.00. The number of aryl methyl sites for hydroxylation is 2. The number of urea groups is 1. The molecule has 0 saturated carbocycles. The second-order valence-electron chi connectivity index (χ2n) is 9.65. The van der Waals surface area contributed by atoms with Gasteiger partial charge in [0, 0.05) is 5.56 Å². The number of anilines is 1. The lowest BCUT2D eigenvalue weighted by Gasteiger charge is -2.20. The molecule has 1 fully saturated rings. The fraction of sp³-hybridized carbons (Fsp3) is 0.200. The number of ether oxygens (including phenoxy) is 1. The first-order valence-electron chi connectivity index (χ1n) is 13.4. The summed E-state index contributed by atoms with van der Waals surface area (Å²) in [6, 6.07) is 17.5. The van der Waals surface area contributed by atoms with Crippen molar-refractivity contribution in [2.45, 2.75) is 33.1 Å². The van der Waals surface area contributed by atoms with Crippen LogP contribution in [-0.2, 0) is 11.2 Å². The van der Waals surface area contributed by atoms with Gasteiger partial charge in [0.25, 0.3) is 0 Å². The standard InChI is InChI=1S/C30H26F3N7O3S/c1-3-4-21-8-5-19(2)15-25(21)40-26(41)17-44-29(40)36-28(42)37-35-16-20-6-9-22(10-7-20)27-34-18-39(38-27)23-11-13-24(14-12-23)43-30(31,32)33/h5-16,18H,3-4,17H2,1-2H3,(H,37,42)/b35-16+,36-29?. The van der Waals surface area contributed by atoms with Crippen molar-refractivity contribution < 1.29 is 27.5 Å². The maximum atomic E-state index is 12.7. The second-order valence-corrected chi connectivity index (χ2v) is 10.6. The number of hydrogen-bond donors (Lipinski definition) is 1. The van der Waals surface area contributed by atoms with Gasteiger partial charge in [-0.1, -0.05) is 61.5 Å². The molecular formula is C30H26F3N7O3S. The fourth-order valence-corrected chi connectivity index (χ4v) is 5.22. The maximum absolute atomic E-state index is 12.7. The topological polar surface area (TPSA) is 114 Å². The molecule has 5 rings (SSSR count). The van der Waals surface area contributed by atoms with E-state index >= 15 is 0 Å². The Labute approximate surface area is 254 Å². The van der Waals surface area contributed by atoms with E-state index in [9.17, 15) is 22.8 Å². The van der Waals surface area contributed by atoms with Crippen molar-refractivity contribution in [2.24, 2.45) is 10.1 Å². The number of carbonyl (C=O) groups excluding carboxylic acids is 2. The number of aliphatic imine (C=N–C) groups is 1. The van der Waals surface area contributed by atoms with E-state index in [1.165, 1.54) is 58.2 Å². The van der Waals surface area contributed by atoms with E-state index in [4.69, 9.17) is 0 Å². The molecule has 0 spiro atoms. The summed E-state index contributed by atoms with van der Waals surface area (Å²) < 4.78 is 42.5. The van der Waals surface area contributed by atoms with E-state index in [0.717, 1.165) is 29.7 Å². The number of benzene rings is 3. The van der Waals surface area contributed by atoms with Crippen LogP contribution in [0.2, 0.25) is 0 Å². The molecule has 0 aliphatic carbocycles. The van der Waals surface area contributed by atoms with Gasteiger partial charge in [0.2, 0.25) is 5.91 Å². The number of aromatic nitrogens is 3. The third-order valence-corrected chi connectivity index (χ3v) is 7.26. The minimum Gasteiger partial charge on any atom is -0.406 e. The van der Waals surface area contributed by atoms with E-state index < -0.39 is 12.4 Å². The molecule has 0 radical (unpaired) electrons. The minimum atomic E-state index is -4.77. The van der Waals surface area contributed by atoms with Crippen LogP contribution in [0, 0.1) is 6.92 Å². The van der Waals surface area contributed by atoms with E-state index in [1.807, 2.05) is 25.1 Å². The Morgan fingerprint density at radius 3 is 2.57 bits per heavy atom. The highest BCUT2D eigenvalue weighted by Gasteiger charge is 2.32. The number of carbonyl (C=O) groups is 2. The van der Waals surface area contributed by atoms with Gasteiger partial charge in [0.15, 0.2) is 11.0 Å². The average molecular weight is 622 g/mol. The summed E-state index contributed by atoms with van der Waals surface area (Å²) in [6.45, 7) is 4.01. The van der Waals surface area contributed by atoms with Crippen LogP contribution in [0.3, 0.4) is 0 Å². The molecule has 1 N–H and O–H groups in total. The van der Waals surface area contributed by atoms with Crippen molar-refractivity contribution in [1.29, 1.82) is 0 Å². The highest BCUT2D eigenvalue weighted by molar-refractivity contribution is 8.15. The lowest BCUT2D eigenvalue weighted by molar-refractivity contribution is -0.274. The molecule has 44 heavy (non-hydrogen) atoms. The quantitative estimate of drug-likeness (QED) is 0.183. The third kappa shape index (κ3) is 7.50. The predicted octanol–water partition coefficient (Wildman–Crippen LogP) is 6.27. The molecule has 1 aliphatic heterocycles. The monoisotopic (exact) mass is 621 g/mol. The number of halogens is 3. The number of amidine groups is 1. The van der Waals surface area contributed by atoms with Gasteiger partial charge in [0.05, 0.1) is 23.3 Å². The first kappa shape index (κ1) is 30.5. The highest BCUT2D eigenvalue weighted by atomic mass is 32.2. The third-order valence-electron chi connectivity index (χ3n) is 6.33. The van der Waals surface area contributed by atoms with Crippen molar-refractivity contribution in [2.75, 3.05) is 10.7 Å². The lowest BCUT2D eigenvalue weighted by Crippen LogP contribution is -2.31. The van der Waals surface area contributed by atoms with Crippen molar-refractivity contribution >= 4 is 40.8 Å². The lowest BCUT2D eigenvalue weighted by atomic mass is 10.0. The molecular weight excluding hydrogens is 595 g/mol. The van der Waals surface area contributed by atoms with E-state index in [-0.39, 0.29) is 17.4 Å². The van der Waals surface area contributed by atoms with Crippen LogP contribution in [-0.4, -0.2) is 50.2 Å². The number of amides is 3. The number of hydrazone groups is 1. The van der Waals surface area contributed by atoms with Gasteiger partial charge in [-0.3, -0.25) is 9.69 Å². The number of alkyl halides is 3. The first-order valence-corrected chi connectivity index (χ1v) is 14.4. The molecule has 0 bridgehead atoms. The van der Waals surface area contributed by atoms with Crippen LogP contribution in [0.5, 0.6) is 5.75 Å². The number of rotatable bonds is 8. The summed E-state index contributed by atoms with van der Waals surface area (Å²) in [5.74, 6) is 0.121. The van der Waals surface area contributed by atoms with Gasteiger partial charge in [-0.05, 0) is 60.4 Å². The number of hydrogen-bond acceptors (Lipinski definition) is 7. The van der Waals surface area contributed by atoms with Crippen LogP contribution in [0.25, 0.3) is 17.1 Å². The van der Waals surface area contributed by atoms with Crippen molar-refractivity contribution in [1.82, 2.24) is 20.2 Å². The van der Waals surface area contributed by atoms with Gasteiger partial charge >= 0.3 is 12.4 Å². The van der Waals surface area contributed by atoms with Crippen LogP contribution in [0.4, 0.5) is 23.7 Å². The SMILES string of the molecule is CCCc1ccc(C)cc1N1C(=O)CSC1=NC(=O)N/N=C/c1ccc(-c2ncn(-c3ccc(OC(F)(F)F)cc3)n2)cc1. The zero-order valence-corrected chi connectivity index (χ0v) is 24.4. The number of nitrogens with zero attached hydrogens (tertiary/aromatic N) is 6. The number of thioether (sulfide) groups is 1. The van der Waals surface area contributed by atoms with Gasteiger partial charge in [0.1, 0.15) is 12.1 Å². The molecule has 0 atom stereocenters. The fourth-order valence-electron chi connectivity index (χ4n) is 4.36.